The highest BCUT2D eigenvalue weighted by molar-refractivity contribution is 5.81. The molecule has 1 amide bonds. The minimum atomic E-state index is -0.674. The quantitative estimate of drug-likeness (QED) is 0.315. The normalized spacial score (nSPS) is 18.9. The SMILES string of the molecule is COCCCOc1cc(CN(C(=O)[C@H]2CNC[C@@H](O)[C@@H]2c2cccc(-c3ccccc3)c2)C(C)C)cc(OC)c1. The Hall–Kier alpha value is -3.39. The second-order valence-electron chi connectivity index (χ2n) is 10.6. The smallest absolute Gasteiger partial charge is 0.228 e. The van der Waals surface area contributed by atoms with Crippen LogP contribution in [0.5, 0.6) is 11.5 Å². The molecule has 2 N–H and O–H groups in total. The summed E-state index contributed by atoms with van der Waals surface area (Å²) in [5, 5.41) is 14.4. The molecule has 7 heteroatoms. The van der Waals surface area contributed by atoms with Crippen LogP contribution in [0.2, 0.25) is 0 Å². The molecule has 0 bridgehead atoms. The summed E-state index contributed by atoms with van der Waals surface area (Å²) in [4.78, 5) is 16.1. The fourth-order valence-electron chi connectivity index (χ4n) is 5.40. The molecule has 3 atom stereocenters. The maximum absolute atomic E-state index is 14.2. The number of rotatable bonds is 12. The Morgan fingerprint density at radius 3 is 2.42 bits per heavy atom. The van der Waals surface area contributed by atoms with Crippen molar-refractivity contribution in [2.75, 3.05) is 40.5 Å². The maximum atomic E-state index is 14.2. The molecule has 7 nitrogen and oxygen atoms in total. The molecule has 0 aliphatic carbocycles. The van der Waals surface area contributed by atoms with E-state index in [0.717, 1.165) is 28.7 Å². The molecule has 1 aliphatic rings. The van der Waals surface area contributed by atoms with E-state index in [1.165, 1.54) is 0 Å². The van der Waals surface area contributed by atoms with Gasteiger partial charge in [-0.2, -0.15) is 0 Å². The van der Waals surface area contributed by atoms with E-state index in [-0.39, 0.29) is 17.9 Å². The first-order valence-corrected chi connectivity index (χ1v) is 14.1. The van der Waals surface area contributed by atoms with Crippen LogP contribution in [0.1, 0.15) is 37.3 Å². The van der Waals surface area contributed by atoms with Gasteiger partial charge in [0.05, 0.1) is 25.7 Å². The van der Waals surface area contributed by atoms with Crippen LogP contribution in [0.25, 0.3) is 11.1 Å². The molecule has 3 aromatic rings. The second-order valence-corrected chi connectivity index (χ2v) is 10.6. The van der Waals surface area contributed by atoms with E-state index < -0.39 is 12.0 Å². The molecular formula is C33H42N2O5. The van der Waals surface area contributed by atoms with Crippen molar-refractivity contribution in [1.29, 1.82) is 0 Å². The molecule has 1 saturated heterocycles. The molecule has 0 unspecified atom stereocenters. The van der Waals surface area contributed by atoms with E-state index in [1.54, 1.807) is 14.2 Å². The minimum absolute atomic E-state index is 0.0155. The predicted molar refractivity (Wildman–Crippen MR) is 158 cm³/mol. The lowest BCUT2D eigenvalue weighted by Crippen LogP contribution is -2.53. The monoisotopic (exact) mass is 546 g/mol. The number of carbonyl (C=O) groups excluding carboxylic acids is 1. The summed E-state index contributed by atoms with van der Waals surface area (Å²) < 4.78 is 16.6. The number of carbonyl (C=O) groups is 1. The van der Waals surface area contributed by atoms with Crippen LogP contribution in [-0.2, 0) is 16.1 Å². The van der Waals surface area contributed by atoms with E-state index in [4.69, 9.17) is 14.2 Å². The molecule has 0 aromatic heterocycles. The number of β-amino-alcohol motifs (C(OH)–C–C–N with tert-alkyl or cyclic N) is 1. The van der Waals surface area contributed by atoms with Crippen LogP contribution in [0.15, 0.2) is 72.8 Å². The van der Waals surface area contributed by atoms with Crippen molar-refractivity contribution in [2.45, 2.75) is 44.9 Å². The summed E-state index contributed by atoms with van der Waals surface area (Å²) in [6, 6.07) is 24.1. The van der Waals surface area contributed by atoms with Gasteiger partial charge in [0.15, 0.2) is 0 Å². The van der Waals surface area contributed by atoms with Crippen LogP contribution in [0.4, 0.5) is 0 Å². The average Bonchev–Trinajstić information content (AvgIpc) is 2.98. The molecule has 1 aliphatic heterocycles. The van der Waals surface area contributed by atoms with Gasteiger partial charge in [0, 0.05) is 57.8 Å². The number of methoxy groups -OCH3 is 2. The van der Waals surface area contributed by atoms with E-state index >= 15 is 0 Å². The molecule has 0 radical (unpaired) electrons. The van der Waals surface area contributed by atoms with Crippen molar-refractivity contribution >= 4 is 5.91 Å². The lowest BCUT2D eigenvalue weighted by molar-refractivity contribution is -0.140. The number of benzene rings is 3. The molecule has 0 spiro atoms. The molecule has 4 rings (SSSR count). The van der Waals surface area contributed by atoms with Crippen LogP contribution < -0.4 is 14.8 Å². The van der Waals surface area contributed by atoms with Crippen LogP contribution in [-0.4, -0.2) is 68.6 Å². The van der Waals surface area contributed by atoms with Crippen molar-refractivity contribution in [2.24, 2.45) is 5.92 Å². The molecule has 40 heavy (non-hydrogen) atoms. The average molecular weight is 547 g/mol. The topological polar surface area (TPSA) is 80.3 Å². The summed E-state index contributed by atoms with van der Waals surface area (Å²) in [5.74, 6) is 0.672. The third kappa shape index (κ3) is 7.42. The fraction of sp³-hybridized carbons (Fsp3) is 0.424. The van der Waals surface area contributed by atoms with E-state index in [1.807, 2.05) is 67.3 Å². The Bertz CT molecular complexity index is 1230. The van der Waals surface area contributed by atoms with Crippen molar-refractivity contribution in [3.05, 3.63) is 83.9 Å². The van der Waals surface area contributed by atoms with Gasteiger partial charge in [-0.1, -0.05) is 54.6 Å². The zero-order chi connectivity index (χ0) is 28.5. The summed E-state index contributed by atoms with van der Waals surface area (Å²) in [6.45, 7) is 6.57. The number of ether oxygens (including phenoxy) is 3. The molecule has 214 valence electrons. The second kappa shape index (κ2) is 14.3. The van der Waals surface area contributed by atoms with Crippen molar-refractivity contribution in [3.8, 4) is 22.6 Å². The summed E-state index contributed by atoms with van der Waals surface area (Å²) >= 11 is 0. The van der Waals surface area contributed by atoms with Crippen molar-refractivity contribution in [1.82, 2.24) is 10.2 Å². The van der Waals surface area contributed by atoms with Gasteiger partial charge in [-0.05, 0) is 48.2 Å². The summed E-state index contributed by atoms with van der Waals surface area (Å²) in [7, 11) is 3.30. The third-order valence-corrected chi connectivity index (χ3v) is 7.46. The van der Waals surface area contributed by atoms with Gasteiger partial charge in [0.1, 0.15) is 11.5 Å². The number of aliphatic hydroxyl groups is 1. The van der Waals surface area contributed by atoms with E-state index in [0.29, 0.717) is 44.3 Å². The molecule has 1 heterocycles. The fourth-order valence-corrected chi connectivity index (χ4v) is 5.40. The largest absolute Gasteiger partial charge is 0.497 e. The Morgan fingerprint density at radius 1 is 0.950 bits per heavy atom. The minimum Gasteiger partial charge on any atom is -0.497 e. The molecule has 3 aromatic carbocycles. The third-order valence-electron chi connectivity index (χ3n) is 7.46. The predicted octanol–water partition coefficient (Wildman–Crippen LogP) is 4.88. The Balaban J connectivity index is 1.59. The standard InChI is InChI=1S/C33H42N2O5/c1-23(2)35(22-24-16-28(39-4)19-29(17-24)40-15-9-14-38-3)33(37)30-20-34-21-31(36)32(30)27-13-8-12-26(18-27)25-10-6-5-7-11-25/h5-8,10-13,16-19,23,30-32,34,36H,9,14-15,20-22H2,1-4H3/t30-,31+,32+/m0/s1. The highest BCUT2D eigenvalue weighted by atomic mass is 16.5. The first-order valence-electron chi connectivity index (χ1n) is 14.1. The molecule has 0 saturated carbocycles. The lowest BCUT2D eigenvalue weighted by Gasteiger charge is -2.39. The van der Waals surface area contributed by atoms with Crippen molar-refractivity contribution < 1.29 is 24.1 Å². The van der Waals surface area contributed by atoms with Gasteiger partial charge in [-0.15, -0.1) is 0 Å². The number of amides is 1. The van der Waals surface area contributed by atoms with Gasteiger partial charge in [0.25, 0.3) is 0 Å². The highest BCUT2D eigenvalue weighted by Gasteiger charge is 2.40. The number of piperidine rings is 1. The lowest BCUT2D eigenvalue weighted by atomic mass is 9.77. The zero-order valence-corrected chi connectivity index (χ0v) is 24.0. The van der Waals surface area contributed by atoms with Crippen LogP contribution in [0.3, 0.4) is 0 Å². The highest BCUT2D eigenvalue weighted by Crippen LogP contribution is 2.35. The van der Waals surface area contributed by atoms with Gasteiger partial charge in [0.2, 0.25) is 5.91 Å². The van der Waals surface area contributed by atoms with Gasteiger partial charge < -0.3 is 29.5 Å². The van der Waals surface area contributed by atoms with Gasteiger partial charge >= 0.3 is 0 Å². The summed E-state index contributed by atoms with van der Waals surface area (Å²) in [5.41, 5.74) is 4.09. The first-order chi connectivity index (χ1) is 19.4. The van der Waals surface area contributed by atoms with Crippen molar-refractivity contribution in [3.63, 3.8) is 0 Å². The Labute approximate surface area is 238 Å². The zero-order valence-electron chi connectivity index (χ0n) is 24.0. The number of hydrogen-bond acceptors (Lipinski definition) is 6. The van der Waals surface area contributed by atoms with Crippen LogP contribution >= 0.6 is 0 Å². The number of hydrogen-bond donors (Lipinski definition) is 2. The number of nitrogens with one attached hydrogen (secondary N) is 1. The van der Waals surface area contributed by atoms with Gasteiger partial charge in [-0.3, -0.25) is 4.79 Å². The first kappa shape index (κ1) is 29.6. The Morgan fingerprint density at radius 2 is 1.70 bits per heavy atom. The van der Waals surface area contributed by atoms with E-state index in [9.17, 15) is 9.90 Å². The van der Waals surface area contributed by atoms with Gasteiger partial charge in [-0.25, -0.2) is 0 Å². The van der Waals surface area contributed by atoms with E-state index in [2.05, 4.69) is 29.6 Å². The number of nitrogens with zero attached hydrogens (tertiary/aromatic N) is 1. The maximum Gasteiger partial charge on any atom is 0.228 e. The number of aliphatic hydroxyl groups excluding tert-OH is 1. The summed E-state index contributed by atoms with van der Waals surface area (Å²) in [6.07, 6.45) is 0.107. The molecule has 1 fully saturated rings. The Kier molecular flexibility index (Phi) is 10.6. The molecular weight excluding hydrogens is 504 g/mol. The van der Waals surface area contributed by atoms with Crippen LogP contribution in [0, 0.1) is 5.92 Å².